The SMILES string of the molecule is COC(=O)C1[C@H]2CN(C(=O)c3ccc(C)c(NC(=O)c4cccc(C#N)c4)c3)C[C@@H]12. The molecule has 0 bridgehead atoms. The number of piperidine rings is 1. The summed E-state index contributed by atoms with van der Waals surface area (Å²) in [5, 5.41) is 11.8. The van der Waals surface area contributed by atoms with Crippen LogP contribution in [0.1, 0.15) is 31.8 Å². The van der Waals surface area contributed by atoms with E-state index in [1.807, 2.05) is 13.0 Å². The van der Waals surface area contributed by atoms with Gasteiger partial charge in [0.1, 0.15) is 0 Å². The summed E-state index contributed by atoms with van der Waals surface area (Å²) in [4.78, 5) is 39.0. The van der Waals surface area contributed by atoms with E-state index in [-0.39, 0.29) is 35.5 Å². The number of hydrogen-bond donors (Lipinski definition) is 1. The number of nitrogens with one attached hydrogen (secondary N) is 1. The molecular weight excluding hydrogens is 382 g/mol. The summed E-state index contributed by atoms with van der Waals surface area (Å²) in [6, 6.07) is 13.7. The molecule has 30 heavy (non-hydrogen) atoms. The summed E-state index contributed by atoms with van der Waals surface area (Å²) in [5.41, 5.74) is 2.63. The molecule has 1 aliphatic carbocycles. The third-order valence-electron chi connectivity index (χ3n) is 5.94. The summed E-state index contributed by atoms with van der Waals surface area (Å²) in [6.45, 7) is 2.93. The third kappa shape index (κ3) is 3.52. The van der Waals surface area contributed by atoms with Crippen molar-refractivity contribution in [3.63, 3.8) is 0 Å². The molecule has 2 aromatic carbocycles. The van der Waals surface area contributed by atoms with Gasteiger partial charge in [0, 0.05) is 29.9 Å². The molecule has 0 spiro atoms. The molecule has 1 aliphatic heterocycles. The number of amides is 2. The van der Waals surface area contributed by atoms with Crippen molar-refractivity contribution in [3.05, 3.63) is 64.7 Å². The van der Waals surface area contributed by atoms with Gasteiger partial charge in [-0.1, -0.05) is 12.1 Å². The highest BCUT2D eigenvalue weighted by atomic mass is 16.5. The number of nitriles is 1. The Hall–Kier alpha value is -3.66. The normalized spacial score (nSPS) is 21.4. The summed E-state index contributed by atoms with van der Waals surface area (Å²) < 4.78 is 4.81. The number of benzene rings is 2. The third-order valence-corrected chi connectivity index (χ3v) is 5.94. The fourth-order valence-corrected chi connectivity index (χ4v) is 4.17. The smallest absolute Gasteiger partial charge is 0.309 e. The zero-order valence-corrected chi connectivity index (χ0v) is 16.7. The number of ether oxygens (including phenoxy) is 1. The summed E-state index contributed by atoms with van der Waals surface area (Å²) in [6.07, 6.45) is 0. The molecule has 0 aromatic heterocycles. The number of hydrogen-bond acceptors (Lipinski definition) is 5. The number of likely N-dealkylation sites (tertiary alicyclic amines) is 1. The van der Waals surface area contributed by atoms with Gasteiger partial charge in [-0.2, -0.15) is 5.26 Å². The number of anilines is 1. The number of rotatable bonds is 4. The highest BCUT2D eigenvalue weighted by Gasteiger charge is 2.60. The van der Waals surface area contributed by atoms with Crippen molar-refractivity contribution in [1.29, 1.82) is 5.26 Å². The Morgan fingerprint density at radius 2 is 1.83 bits per heavy atom. The van der Waals surface area contributed by atoms with Crippen molar-refractivity contribution in [2.75, 3.05) is 25.5 Å². The fourth-order valence-electron chi connectivity index (χ4n) is 4.17. The van der Waals surface area contributed by atoms with Gasteiger partial charge >= 0.3 is 5.97 Å². The maximum atomic E-state index is 12.9. The van der Waals surface area contributed by atoms with Crippen LogP contribution in [0.25, 0.3) is 0 Å². The van der Waals surface area contributed by atoms with Crippen molar-refractivity contribution < 1.29 is 19.1 Å². The van der Waals surface area contributed by atoms with Gasteiger partial charge in [0.05, 0.1) is 24.7 Å². The molecule has 2 fully saturated rings. The first-order chi connectivity index (χ1) is 14.4. The van der Waals surface area contributed by atoms with Crippen molar-refractivity contribution in [2.24, 2.45) is 17.8 Å². The molecule has 152 valence electrons. The number of esters is 1. The molecule has 1 N–H and O–H groups in total. The molecule has 2 aromatic rings. The summed E-state index contributed by atoms with van der Waals surface area (Å²) in [7, 11) is 1.39. The van der Waals surface area contributed by atoms with Crippen LogP contribution in [0.5, 0.6) is 0 Å². The summed E-state index contributed by atoms with van der Waals surface area (Å²) >= 11 is 0. The fraction of sp³-hybridized carbons (Fsp3) is 0.304. The van der Waals surface area contributed by atoms with Crippen LogP contribution in [0, 0.1) is 36.0 Å². The molecule has 1 saturated carbocycles. The van der Waals surface area contributed by atoms with E-state index in [9.17, 15) is 14.4 Å². The van der Waals surface area contributed by atoms with Crippen LogP contribution in [-0.2, 0) is 9.53 Å². The van der Waals surface area contributed by atoms with E-state index in [0.717, 1.165) is 5.56 Å². The Morgan fingerprint density at radius 1 is 1.10 bits per heavy atom. The summed E-state index contributed by atoms with van der Waals surface area (Å²) in [5.74, 6) is -0.387. The van der Waals surface area contributed by atoms with Crippen LogP contribution in [0.3, 0.4) is 0 Å². The zero-order valence-electron chi connectivity index (χ0n) is 16.7. The Kier molecular flexibility index (Phi) is 5.00. The average molecular weight is 403 g/mol. The quantitative estimate of drug-likeness (QED) is 0.791. The molecule has 4 rings (SSSR count). The minimum absolute atomic E-state index is 0.0870. The van der Waals surface area contributed by atoms with E-state index in [4.69, 9.17) is 10.00 Å². The van der Waals surface area contributed by atoms with E-state index in [1.165, 1.54) is 13.2 Å². The average Bonchev–Trinajstić information content (AvgIpc) is 3.27. The predicted octanol–water partition coefficient (Wildman–Crippen LogP) is 2.61. The monoisotopic (exact) mass is 403 g/mol. The number of carbonyl (C=O) groups excluding carboxylic acids is 3. The van der Waals surface area contributed by atoms with Crippen LogP contribution in [0.4, 0.5) is 5.69 Å². The second kappa shape index (κ2) is 7.64. The molecule has 0 radical (unpaired) electrons. The number of fused-ring (bicyclic) bond motifs is 1. The van der Waals surface area contributed by atoms with Crippen LogP contribution < -0.4 is 5.32 Å². The molecule has 2 aliphatic rings. The van der Waals surface area contributed by atoms with Gasteiger partial charge in [0.25, 0.3) is 11.8 Å². The van der Waals surface area contributed by atoms with Gasteiger partial charge in [0.2, 0.25) is 0 Å². The molecule has 2 amide bonds. The van der Waals surface area contributed by atoms with Gasteiger partial charge in [0.15, 0.2) is 0 Å². The molecule has 3 atom stereocenters. The first-order valence-electron chi connectivity index (χ1n) is 9.72. The Bertz CT molecular complexity index is 1080. The van der Waals surface area contributed by atoms with Crippen LogP contribution in [0.2, 0.25) is 0 Å². The van der Waals surface area contributed by atoms with Gasteiger partial charge in [-0.3, -0.25) is 14.4 Å². The highest BCUT2D eigenvalue weighted by Crippen LogP contribution is 2.52. The molecule has 1 unspecified atom stereocenters. The molecule has 1 saturated heterocycles. The van der Waals surface area contributed by atoms with Crippen molar-refractivity contribution in [2.45, 2.75) is 6.92 Å². The first kappa shape index (κ1) is 19.6. The second-order valence-electron chi connectivity index (χ2n) is 7.76. The Morgan fingerprint density at radius 3 is 2.50 bits per heavy atom. The van der Waals surface area contributed by atoms with E-state index < -0.39 is 0 Å². The largest absolute Gasteiger partial charge is 0.469 e. The zero-order chi connectivity index (χ0) is 21.4. The number of carbonyl (C=O) groups is 3. The number of nitrogens with zero attached hydrogens (tertiary/aromatic N) is 2. The van der Waals surface area contributed by atoms with Gasteiger partial charge in [-0.05, 0) is 54.7 Å². The predicted molar refractivity (Wildman–Crippen MR) is 109 cm³/mol. The molecule has 7 nitrogen and oxygen atoms in total. The topological polar surface area (TPSA) is 99.5 Å². The number of methoxy groups -OCH3 is 1. The Balaban J connectivity index is 1.46. The van der Waals surface area contributed by atoms with Gasteiger partial charge in [-0.25, -0.2) is 0 Å². The number of aryl methyl sites for hydroxylation is 1. The van der Waals surface area contributed by atoms with E-state index in [2.05, 4.69) is 5.32 Å². The lowest BCUT2D eigenvalue weighted by molar-refractivity contribution is -0.143. The lowest BCUT2D eigenvalue weighted by Crippen LogP contribution is -2.32. The molecular formula is C23H21N3O4. The minimum Gasteiger partial charge on any atom is -0.469 e. The maximum Gasteiger partial charge on any atom is 0.309 e. The Labute approximate surface area is 174 Å². The van der Waals surface area contributed by atoms with Crippen molar-refractivity contribution in [1.82, 2.24) is 4.90 Å². The first-order valence-corrected chi connectivity index (χ1v) is 9.72. The lowest BCUT2D eigenvalue weighted by atomic mass is 10.1. The lowest BCUT2D eigenvalue weighted by Gasteiger charge is -2.20. The van der Waals surface area contributed by atoms with Crippen molar-refractivity contribution >= 4 is 23.5 Å². The van der Waals surface area contributed by atoms with Crippen LogP contribution in [0.15, 0.2) is 42.5 Å². The van der Waals surface area contributed by atoms with E-state index >= 15 is 0 Å². The standard InChI is InChI=1S/C23H21N3O4/c1-13-6-7-16(22(28)26-11-17-18(12-26)20(17)23(29)30-2)9-19(13)25-21(27)15-5-3-4-14(8-15)10-24/h3-9,17-18,20H,11-12H2,1-2H3,(H,25,27)/t17-,18+,20?. The van der Waals surface area contributed by atoms with Gasteiger partial charge < -0.3 is 15.0 Å². The van der Waals surface area contributed by atoms with E-state index in [1.54, 1.807) is 41.3 Å². The van der Waals surface area contributed by atoms with Crippen LogP contribution >= 0.6 is 0 Å². The molecule has 7 heteroatoms. The maximum absolute atomic E-state index is 12.9. The minimum atomic E-state index is -0.344. The van der Waals surface area contributed by atoms with E-state index in [0.29, 0.717) is 35.5 Å². The second-order valence-corrected chi connectivity index (χ2v) is 7.76. The van der Waals surface area contributed by atoms with Crippen LogP contribution in [-0.4, -0.2) is 42.9 Å². The van der Waals surface area contributed by atoms with Crippen molar-refractivity contribution in [3.8, 4) is 6.07 Å². The van der Waals surface area contributed by atoms with Gasteiger partial charge in [-0.15, -0.1) is 0 Å². The molecule has 1 heterocycles. The highest BCUT2D eigenvalue weighted by molar-refractivity contribution is 6.05.